The predicted octanol–water partition coefficient (Wildman–Crippen LogP) is 2.56. The third kappa shape index (κ3) is 3.88. The van der Waals surface area contributed by atoms with Gasteiger partial charge in [0.25, 0.3) is 0 Å². The highest BCUT2D eigenvalue weighted by molar-refractivity contribution is 5.75. The van der Waals surface area contributed by atoms with E-state index in [-0.39, 0.29) is 5.91 Å². The lowest BCUT2D eigenvalue weighted by Gasteiger charge is -2.05. The molecule has 1 amide bonds. The third-order valence-corrected chi connectivity index (χ3v) is 2.72. The summed E-state index contributed by atoms with van der Waals surface area (Å²) in [6.45, 7) is 2.51. The second-order valence-corrected chi connectivity index (χ2v) is 4.29. The maximum Gasteiger partial charge on any atom is 0.220 e. The van der Waals surface area contributed by atoms with E-state index in [1.807, 2.05) is 37.3 Å². The van der Waals surface area contributed by atoms with E-state index in [4.69, 9.17) is 0 Å². The molecule has 2 rings (SSSR count). The van der Waals surface area contributed by atoms with E-state index >= 15 is 0 Å². The molecule has 19 heavy (non-hydrogen) atoms. The van der Waals surface area contributed by atoms with Crippen LogP contribution >= 0.6 is 0 Å². The van der Waals surface area contributed by atoms with Gasteiger partial charge in [-0.15, -0.1) is 0 Å². The molecule has 2 heterocycles. The van der Waals surface area contributed by atoms with Gasteiger partial charge in [-0.1, -0.05) is 19.1 Å². The molecule has 1 N–H and O–H groups in total. The Morgan fingerprint density at radius 2 is 2.00 bits per heavy atom. The molecule has 0 spiro atoms. The molecule has 0 aliphatic heterocycles. The topological polar surface area (TPSA) is 54.9 Å². The minimum Gasteiger partial charge on any atom is -0.352 e. The molecule has 0 unspecified atom stereocenters. The zero-order chi connectivity index (χ0) is 13.5. The molecule has 0 fully saturated rings. The fourth-order valence-corrected chi connectivity index (χ4v) is 1.71. The van der Waals surface area contributed by atoms with Crippen LogP contribution in [0.15, 0.2) is 42.7 Å². The van der Waals surface area contributed by atoms with Gasteiger partial charge < -0.3 is 5.32 Å². The third-order valence-electron chi connectivity index (χ3n) is 2.72. The van der Waals surface area contributed by atoms with E-state index < -0.39 is 0 Å². The Morgan fingerprint density at radius 3 is 2.63 bits per heavy atom. The standard InChI is InChI=1S/C15H17N3O/c1-2-5-15(19)18-11-12-7-8-14(17-10-12)13-6-3-4-9-16-13/h3-4,6-10H,2,5,11H2,1H3,(H,18,19). The Bertz CT molecular complexity index is 523. The maximum absolute atomic E-state index is 11.4. The zero-order valence-corrected chi connectivity index (χ0v) is 11.0. The summed E-state index contributed by atoms with van der Waals surface area (Å²) in [6, 6.07) is 9.61. The Hall–Kier alpha value is -2.23. The van der Waals surface area contributed by atoms with Gasteiger partial charge in [0.15, 0.2) is 0 Å². The lowest BCUT2D eigenvalue weighted by molar-refractivity contribution is -0.121. The molecule has 0 saturated carbocycles. The second-order valence-electron chi connectivity index (χ2n) is 4.29. The van der Waals surface area contributed by atoms with Crippen LogP contribution in [0.25, 0.3) is 11.4 Å². The predicted molar refractivity (Wildman–Crippen MR) is 74.2 cm³/mol. The van der Waals surface area contributed by atoms with E-state index in [1.54, 1.807) is 12.4 Å². The molecular weight excluding hydrogens is 238 g/mol. The summed E-state index contributed by atoms with van der Waals surface area (Å²) in [4.78, 5) is 20.0. The lowest BCUT2D eigenvalue weighted by atomic mass is 10.2. The van der Waals surface area contributed by atoms with Crippen molar-refractivity contribution in [1.29, 1.82) is 0 Å². The molecule has 0 saturated heterocycles. The second kappa shape index (κ2) is 6.64. The van der Waals surface area contributed by atoms with Gasteiger partial charge in [0.05, 0.1) is 11.4 Å². The average Bonchev–Trinajstić information content (AvgIpc) is 2.47. The van der Waals surface area contributed by atoms with Crippen LogP contribution in [0.1, 0.15) is 25.3 Å². The minimum atomic E-state index is 0.0799. The van der Waals surface area contributed by atoms with Crippen LogP contribution in [-0.4, -0.2) is 15.9 Å². The number of hydrogen-bond acceptors (Lipinski definition) is 3. The van der Waals surface area contributed by atoms with Crippen LogP contribution in [0, 0.1) is 0 Å². The molecule has 2 aromatic rings. The molecule has 4 nitrogen and oxygen atoms in total. The minimum absolute atomic E-state index is 0.0799. The number of nitrogens with zero attached hydrogens (tertiary/aromatic N) is 2. The number of amides is 1. The first-order valence-electron chi connectivity index (χ1n) is 6.42. The van der Waals surface area contributed by atoms with Crippen molar-refractivity contribution in [1.82, 2.24) is 15.3 Å². The Labute approximate surface area is 112 Å². The van der Waals surface area contributed by atoms with Crippen LogP contribution < -0.4 is 5.32 Å². The first-order chi connectivity index (χ1) is 9.29. The van der Waals surface area contributed by atoms with E-state index in [1.165, 1.54) is 0 Å². The summed E-state index contributed by atoms with van der Waals surface area (Å²) in [7, 11) is 0. The number of aromatic nitrogens is 2. The normalized spacial score (nSPS) is 10.2. The zero-order valence-electron chi connectivity index (χ0n) is 11.0. The molecule has 4 heteroatoms. The summed E-state index contributed by atoms with van der Waals surface area (Å²) in [6.07, 6.45) is 4.95. The van der Waals surface area contributed by atoms with E-state index in [2.05, 4.69) is 15.3 Å². The number of pyridine rings is 2. The van der Waals surface area contributed by atoms with Crippen molar-refractivity contribution in [3.05, 3.63) is 48.3 Å². The monoisotopic (exact) mass is 255 g/mol. The smallest absolute Gasteiger partial charge is 0.220 e. The summed E-state index contributed by atoms with van der Waals surface area (Å²) < 4.78 is 0. The molecule has 0 aromatic carbocycles. The summed E-state index contributed by atoms with van der Waals surface area (Å²) in [5, 5.41) is 2.86. The van der Waals surface area contributed by atoms with E-state index in [0.717, 1.165) is 23.4 Å². The Kier molecular flexibility index (Phi) is 4.61. The highest BCUT2D eigenvalue weighted by Crippen LogP contribution is 2.13. The molecule has 0 aliphatic rings. The number of carbonyl (C=O) groups excluding carboxylic acids is 1. The number of hydrogen-bond donors (Lipinski definition) is 1. The average molecular weight is 255 g/mol. The van der Waals surface area contributed by atoms with E-state index in [9.17, 15) is 4.79 Å². The molecule has 0 bridgehead atoms. The van der Waals surface area contributed by atoms with Gasteiger partial charge in [-0.05, 0) is 30.2 Å². The molecule has 0 atom stereocenters. The molecule has 2 aromatic heterocycles. The largest absolute Gasteiger partial charge is 0.352 e. The highest BCUT2D eigenvalue weighted by atomic mass is 16.1. The first kappa shape index (κ1) is 13.2. The molecular formula is C15H17N3O. The molecule has 0 aliphatic carbocycles. The SMILES string of the molecule is CCCC(=O)NCc1ccc(-c2ccccn2)nc1. The van der Waals surface area contributed by atoms with Gasteiger partial charge in [-0.2, -0.15) is 0 Å². The van der Waals surface area contributed by atoms with Crippen LogP contribution in [0.3, 0.4) is 0 Å². The first-order valence-corrected chi connectivity index (χ1v) is 6.42. The van der Waals surface area contributed by atoms with Gasteiger partial charge in [-0.3, -0.25) is 14.8 Å². The van der Waals surface area contributed by atoms with Crippen molar-refractivity contribution in [2.45, 2.75) is 26.3 Å². The number of nitrogens with one attached hydrogen (secondary N) is 1. The molecule has 0 radical (unpaired) electrons. The summed E-state index contributed by atoms with van der Waals surface area (Å²) in [5.74, 6) is 0.0799. The van der Waals surface area contributed by atoms with Gasteiger partial charge in [0, 0.05) is 25.4 Å². The van der Waals surface area contributed by atoms with Crippen LogP contribution in [0.4, 0.5) is 0 Å². The van der Waals surface area contributed by atoms with Crippen LogP contribution in [0.2, 0.25) is 0 Å². The fourth-order valence-electron chi connectivity index (χ4n) is 1.71. The highest BCUT2D eigenvalue weighted by Gasteiger charge is 2.02. The fraction of sp³-hybridized carbons (Fsp3) is 0.267. The number of carbonyl (C=O) groups is 1. The van der Waals surface area contributed by atoms with Crippen LogP contribution in [-0.2, 0) is 11.3 Å². The Balaban J connectivity index is 1.97. The maximum atomic E-state index is 11.4. The van der Waals surface area contributed by atoms with Crippen molar-refractivity contribution in [2.24, 2.45) is 0 Å². The van der Waals surface area contributed by atoms with Crippen molar-refractivity contribution in [3.8, 4) is 11.4 Å². The van der Waals surface area contributed by atoms with Gasteiger partial charge in [0.2, 0.25) is 5.91 Å². The van der Waals surface area contributed by atoms with E-state index in [0.29, 0.717) is 13.0 Å². The quantitative estimate of drug-likeness (QED) is 0.893. The van der Waals surface area contributed by atoms with Crippen molar-refractivity contribution < 1.29 is 4.79 Å². The lowest BCUT2D eigenvalue weighted by Crippen LogP contribution is -2.22. The number of rotatable bonds is 5. The van der Waals surface area contributed by atoms with Crippen molar-refractivity contribution in [2.75, 3.05) is 0 Å². The molecule has 98 valence electrons. The van der Waals surface area contributed by atoms with Crippen molar-refractivity contribution >= 4 is 5.91 Å². The van der Waals surface area contributed by atoms with Crippen molar-refractivity contribution in [3.63, 3.8) is 0 Å². The van der Waals surface area contributed by atoms with Gasteiger partial charge in [-0.25, -0.2) is 0 Å². The summed E-state index contributed by atoms with van der Waals surface area (Å²) >= 11 is 0. The Morgan fingerprint density at radius 1 is 1.16 bits per heavy atom. The van der Waals surface area contributed by atoms with Gasteiger partial charge in [0.1, 0.15) is 0 Å². The van der Waals surface area contributed by atoms with Gasteiger partial charge >= 0.3 is 0 Å². The summed E-state index contributed by atoms with van der Waals surface area (Å²) in [5.41, 5.74) is 2.68. The van der Waals surface area contributed by atoms with Crippen LogP contribution in [0.5, 0.6) is 0 Å².